The lowest BCUT2D eigenvalue weighted by Crippen LogP contribution is -2.11. The lowest BCUT2D eigenvalue weighted by Gasteiger charge is -2.17. The van der Waals surface area contributed by atoms with Crippen molar-refractivity contribution < 1.29 is 4.74 Å². The average molecular weight is 204 g/mol. The Bertz CT molecular complexity index is 386. The predicted molar refractivity (Wildman–Crippen MR) is 58.7 cm³/mol. The van der Waals surface area contributed by atoms with Gasteiger partial charge in [0.2, 0.25) is 5.88 Å². The number of nitrogens with zero attached hydrogens (tertiary/aromatic N) is 2. The van der Waals surface area contributed by atoms with Crippen LogP contribution in [0.5, 0.6) is 5.88 Å². The molecule has 15 heavy (non-hydrogen) atoms. The van der Waals surface area contributed by atoms with Crippen molar-refractivity contribution in [2.75, 3.05) is 7.11 Å². The van der Waals surface area contributed by atoms with Crippen LogP contribution in [0.1, 0.15) is 32.0 Å². The van der Waals surface area contributed by atoms with Gasteiger partial charge in [-0.2, -0.15) is 5.26 Å². The van der Waals surface area contributed by atoms with E-state index in [1.54, 1.807) is 6.07 Å². The zero-order valence-corrected chi connectivity index (χ0v) is 9.66. The van der Waals surface area contributed by atoms with Crippen molar-refractivity contribution in [2.45, 2.75) is 27.2 Å². The molecule has 0 N–H and O–H groups in total. The van der Waals surface area contributed by atoms with Crippen molar-refractivity contribution in [2.24, 2.45) is 5.41 Å². The molecule has 3 nitrogen and oxygen atoms in total. The number of rotatable bonds is 2. The molecule has 1 heterocycles. The maximum Gasteiger partial charge on any atom is 0.231 e. The summed E-state index contributed by atoms with van der Waals surface area (Å²) in [6.07, 6.45) is 0.870. The van der Waals surface area contributed by atoms with Crippen LogP contribution in [0.4, 0.5) is 0 Å². The highest BCUT2D eigenvalue weighted by molar-refractivity contribution is 5.38. The normalized spacial score (nSPS) is 10.9. The summed E-state index contributed by atoms with van der Waals surface area (Å²) in [4.78, 5) is 4.30. The topological polar surface area (TPSA) is 45.9 Å². The fourth-order valence-corrected chi connectivity index (χ4v) is 1.36. The van der Waals surface area contributed by atoms with Crippen molar-refractivity contribution in [3.8, 4) is 11.9 Å². The van der Waals surface area contributed by atoms with E-state index in [9.17, 15) is 0 Å². The fourth-order valence-electron chi connectivity index (χ4n) is 1.36. The van der Waals surface area contributed by atoms with Gasteiger partial charge in [-0.15, -0.1) is 0 Å². The minimum absolute atomic E-state index is 0.187. The van der Waals surface area contributed by atoms with Crippen LogP contribution >= 0.6 is 0 Å². The third kappa shape index (κ3) is 3.25. The van der Waals surface area contributed by atoms with E-state index in [4.69, 9.17) is 10.00 Å². The second-order valence-corrected chi connectivity index (χ2v) is 4.71. The number of hydrogen-bond acceptors (Lipinski definition) is 3. The average Bonchev–Trinajstić information content (AvgIpc) is 2.15. The minimum atomic E-state index is 0.187. The number of aromatic nitrogens is 1. The number of methoxy groups -OCH3 is 1. The van der Waals surface area contributed by atoms with E-state index < -0.39 is 0 Å². The lowest BCUT2D eigenvalue weighted by atomic mass is 9.90. The first kappa shape index (κ1) is 11.5. The summed E-state index contributed by atoms with van der Waals surface area (Å²) in [6.45, 7) is 6.46. The first-order chi connectivity index (χ1) is 6.96. The molecule has 0 saturated heterocycles. The fraction of sp³-hybridized carbons (Fsp3) is 0.500. The molecule has 0 aromatic carbocycles. The van der Waals surface area contributed by atoms with E-state index >= 15 is 0 Å². The predicted octanol–water partition coefficient (Wildman–Crippen LogP) is 2.55. The molecule has 0 aliphatic heterocycles. The van der Waals surface area contributed by atoms with Crippen LogP contribution < -0.4 is 4.74 Å². The second-order valence-electron chi connectivity index (χ2n) is 4.71. The van der Waals surface area contributed by atoms with Crippen molar-refractivity contribution in [1.82, 2.24) is 4.98 Å². The molecule has 0 amide bonds. The summed E-state index contributed by atoms with van der Waals surface area (Å²) in [6, 6.07) is 5.69. The highest BCUT2D eigenvalue weighted by atomic mass is 16.5. The van der Waals surface area contributed by atoms with E-state index in [1.165, 1.54) is 7.11 Å². The summed E-state index contributed by atoms with van der Waals surface area (Å²) in [5, 5.41) is 8.80. The van der Waals surface area contributed by atoms with Gasteiger partial charge in [0.1, 0.15) is 11.6 Å². The highest BCUT2D eigenvalue weighted by Crippen LogP contribution is 2.22. The Morgan fingerprint density at radius 2 is 2.07 bits per heavy atom. The molecule has 0 aliphatic carbocycles. The van der Waals surface area contributed by atoms with Crippen molar-refractivity contribution >= 4 is 0 Å². The van der Waals surface area contributed by atoms with Gasteiger partial charge in [-0.1, -0.05) is 20.8 Å². The third-order valence-corrected chi connectivity index (χ3v) is 1.94. The van der Waals surface area contributed by atoms with Crippen LogP contribution in [0.3, 0.4) is 0 Å². The maximum absolute atomic E-state index is 8.80. The molecular weight excluding hydrogens is 188 g/mol. The van der Waals surface area contributed by atoms with Gasteiger partial charge in [0.15, 0.2) is 0 Å². The summed E-state index contributed by atoms with van der Waals surface area (Å²) in [5.41, 5.74) is 1.63. The third-order valence-electron chi connectivity index (χ3n) is 1.94. The zero-order valence-electron chi connectivity index (χ0n) is 9.66. The van der Waals surface area contributed by atoms with E-state index in [1.807, 2.05) is 12.1 Å². The van der Waals surface area contributed by atoms with Crippen molar-refractivity contribution in [1.29, 1.82) is 5.26 Å². The number of nitriles is 1. The van der Waals surface area contributed by atoms with E-state index in [0.717, 1.165) is 12.1 Å². The molecular formula is C12H16N2O. The molecule has 0 unspecified atom stereocenters. The molecule has 0 saturated carbocycles. The Labute approximate surface area is 90.7 Å². The van der Waals surface area contributed by atoms with Gasteiger partial charge >= 0.3 is 0 Å². The monoisotopic (exact) mass is 204 g/mol. The Morgan fingerprint density at radius 1 is 1.40 bits per heavy atom. The van der Waals surface area contributed by atoms with Gasteiger partial charge in [0.25, 0.3) is 0 Å². The summed E-state index contributed by atoms with van der Waals surface area (Å²) in [5.74, 6) is 0.416. The lowest BCUT2D eigenvalue weighted by molar-refractivity contribution is 0.381. The quantitative estimate of drug-likeness (QED) is 0.743. The molecule has 0 radical (unpaired) electrons. The van der Waals surface area contributed by atoms with E-state index in [-0.39, 0.29) is 5.41 Å². The van der Waals surface area contributed by atoms with Crippen LogP contribution in [-0.2, 0) is 6.42 Å². The molecule has 80 valence electrons. The Hall–Kier alpha value is -1.56. The number of ether oxygens (including phenoxy) is 1. The first-order valence-corrected chi connectivity index (χ1v) is 4.90. The summed E-state index contributed by atoms with van der Waals surface area (Å²) >= 11 is 0. The summed E-state index contributed by atoms with van der Waals surface area (Å²) in [7, 11) is 1.53. The summed E-state index contributed by atoms with van der Waals surface area (Å²) < 4.78 is 5.06. The second kappa shape index (κ2) is 4.31. The van der Waals surface area contributed by atoms with Crippen LogP contribution in [0.15, 0.2) is 12.1 Å². The maximum atomic E-state index is 8.80. The van der Waals surface area contributed by atoms with E-state index in [2.05, 4.69) is 25.8 Å². The molecule has 0 bridgehead atoms. The van der Waals surface area contributed by atoms with Gasteiger partial charge in [-0.05, 0) is 24.0 Å². The van der Waals surface area contributed by atoms with Crippen molar-refractivity contribution in [3.63, 3.8) is 0 Å². The molecule has 0 spiro atoms. The van der Waals surface area contributed by atoms with Crippen LogP contribution in [0.25, 0.3) is 0 Å². The standard InChI is InChI=1S/C12H16N2O/c1-12(2,3)7-10-6-5-9(8-13)11(14-10)15-4/h5-6H,7H2,1-4H3. The van der Waals surface area contributed by atoms with Gasteiger partial charge in [-0.3, -0.25) is 0 Å². The van der Waals surface area contributed by atoms with Crippen molar-refractivity contribution in [3.05, 3.63) is 23.4 Å². The van der Waals surface area contributed by atoms with Gasteiger partial charge in [0, 0.05) is 5.69 Å². The largest absolute Gasteiger partial charge is 0.480 e. The Morgan fingerprint density at radius 3 is 2.53 bits per heavy atom. The number of pyridine rings is 1. The molecule has 1 aromatic heterocycles. The zero-order chi connectivity index (χ0) is 11.5. The Kier molecular flexibility index (Phi) is 3.31. The van der Waals surface area contributed by atoms with Crippen LogP contribution in [-0.4, -0.2) is 12.1 Å². The minimum Gasteiger partial charge on any atom is -0.480 e. The van der Waals surface area contributed by atoms with E-state index in [0.29, 0.717) is 11.4 Å². The molecule has 0 aliphatic rings. The first-order valence-electron chi connectivity index (χ1n) is 4.90. The smallest absolute Gasteiger partial charge is 0.231 e. The van der Waals surface area contributed by atoms with Gasteiger partial charge in [-0.25, -0.2) is 4.98 Å². The molecule has 3 heteroatoms. The number of hydrogen-bond donors (Lipinski definition) is 0. The van der Waals surface area contributed by atoms with Gasteiger partial charge < -0.3 is 4.74 Å². The molecule has 0 fully saturated rings. The molecule has 1 rings (SSSR count). The highest BCUT2D eigenvalue weighted by Gasteiger charge is 2.14. The van der Waals surface area contributed by atoms with Crippen LogP contribution in [0, 0.1) is 16.7 Å². The Balaban J connectivity index is 3.00. The molecule has 1 aromatic rings. The SMILES string of the molecule is COc1nc(CC(C)(C)C)ccc1C#N. The molecule has 0 atom stereocenters. The van der Waals surface area contributed by atoms with Gasteiger partial charge in [0.05, 0.1) is 7.11 Å². The van der Waals surface area contributed by atoms with Crippen LogP contribution in [0.2, 0.25) is 0 Å².